The summed E-state index contributed by atoms with van der Waals surface area (Å²) in [5, 5.41) is 15.4. The maximum atomic E-state index is 9.38. The van der Waals surface area contributed by atoms with Gasteiger partial charge in [-0.05, 0) is 37.5 Å². The highest BCUT2D eigenvalue weighted by atomic mass is 35.5. The summed E-state index contributed by atoms with van der Waals surface area (Å²) in [6.45, 7) is 0.685. The molecule has 1 aromatic carbocycles. The van der Waals surface area contributed by atoms with Crippen LogP contribution in [0, 0.1) is 0 Å². The van der Waals surface area contributed by atoms with Crippen LogP contribution in [0.5, 0.6) is 0 Å². The summed E-state index contributed by atoms with van der Waals surface area (Å²) in [7, 11) is 0. The Morgan fingerprint density at radius 3 is 3.06 bits per heavy atom. The second kappa shape index (κ2) is 4.88. The lowest BCUT2D eigenvalue weighted by Gasteiger charge is -2.23. The smallest absolute Gasteiger partial charge is 0.150 e. The minimum atomic E-state index is -0.0867. The van der Waals surface area contributed by atoms with Crippen molar-refractivity contribution in [2.24, 2.45) is 0 Å². The van der Waals surface area contributed by atoms with Crippen molar-refractivity contribution in [1.82, 2.24) is 9.78 Å². The first-order valence-corrected chi connectivity index (χ1v) is 6.56. The number of benzene rings is 1. The van der Waals surface area contributed by atoms with Gasteiger partial charge in [-0.3, -0.25) is 0 Å². The fourth-order valence-electron chi connectivity index (χ4n) is 2.43. The van der Waals surface area contributed by atoms with E-state index in [1.165, 1.54) is 0 Å². The molecule has 96 valence electrons. The van der Waals surface area contributed by atoms with Gasteiger partial charge in [-0.1, -0.05) is 11.6 Å². The Kier molecular flexibility index (Phi) is 3.24. The van der Waals surface area contributed by atoms with Crippen LogP contribution in [0.25, 0.3) is 10.9 Å². The van der Waals surface area contributed by atoms with Crippen molar-refractivity contribution in [3.05, 3.63) is 28.9 Å². The molecule has 1 aliphatic rings. The Morgan fingerprint density at radius 2 is 2.33 bits per heavy atom. The van der Waals surface area contributed by atoms with E-state index in [0.717, 1.165) is 36.8 Å². The summed E-state index contributed by atoms with van der Waals surface area (Å²) in [5.74, 6) is 0. The van der Waals surface area contributed by atoms with Crippen LogP contribution in [-0.4, -0.2) is 21.5 Å². The lowest BCUT2D eigenvalue weighted by atomic mass is 10.2. The number of halogens is 1. The molecule has 1 fully saturated rings. The van der Waals surface area contributed by atoms with E-state index in [1.54, 1.807) is 0 Å². The summed E-state index contributed by atoms with van der Waals surface area (Å²) >= 11 is 5.99. The Bertz CT molecular complexity index is 561. The normalized spacial score (nSPS) is 20.4. The highest BCUT2D eigenvalue weighted by Gasteiger charge is 2.20. The molecule has 0 bridgehead atoms. The maximum Gasteiger partial charge on any atom is 0.150 e. The largest absolute Gasteiger partial charge is 0.390 e. The standard InChI is InChI=1S/C13H15ClN2O2/c14-9-4-5-12-10(7-9)11(8-17)15-16(12)13-3-1-2-6-18-13/h4-5,7,13,17H,1-3,6,8H2. The molecule has 1 aliphatic heterocycles. The summed E-state index contributed by atoms with van der Waals surface area (Å²) in [6, 6.07) is 5.61. The van der Waals surface area contributed by atoms with Crippen LogP contribution in [0.1, 0.15) is 31.2 Å². The van der Waals surface area contributed by atoms with Gasteiger partial charge in [-0.2, -0.15) is 5.10 Å². The van der Waals surface area contributed by atoms with E-state index in [1.807, 2.05) is 22.9 Å². The van der Waals surface area contributed by atoms with Crippen LogP contribution in [0.4, 0.5) is 0 Å². The zero-order chi connectivity index (χ0) is 12.5. The highest BCUT2D eigenvalue weighted by Crippen LogP contribution is 2.29. The molecule has 18 heavy (non-hydrogen) atoms. The number of rotatable bonds is 2. The summed E-state index contributed by atoms with van der Waals surface area (Å²) < 4.78 is 7.62. The number of aliphatic hydroxyl groups excluding tert-OH is 1. The molecule has 0 radical (unpaired) electrons. The van der Waals surface area contributed by atoms with E-state index in [2.05, 4.69) is 5.10 Å². The van der Waals surface area contributed by atoms with Gasteiger partial charge in [0.2, 0.25) is 0 Å². The molecule has 1 N–H and O–H groups in total. The molecule has 0 amide bonds. The zero-order valence-corrected chi connectivity index (χ0v) is 10.7. The van der Waals surface area contributed by atoms with Crippen molar-refractivity contribution in [1.29, 1.82) is 0 Å². The van der Waals surface area contributed by atoms with E-state index in [9.17, 15) is 5.11 Å². The predicted molar refractivity (Wildman–Crippen MR) is 69.5 cm³/mol. The number of aromatic nitrogens is 2. The molecular formula is C13H15ClN2O2. The van der Waals surface area contributed by atoms with Gasteiger partial charge in [0.05, 0.1) is 17.8 Å². The first kappa shape index (κ1) is 12.0. The average molecular weight is 267 g/mol. The Labute approximate surface area is 110 Å². The molecule has 1 atom stereocenters. The second-order valence-electron chi connectivity index (χ2n) is 4.53. The van der Waals surface area contributed by atoms with Gasteiger partial charge in [0.15, 0.2) is 6.23 Å². The van der Waals surface area contributed by atoms with Crippen molar-refractivity contribution in [3.63, 3.8) is 0 Å². The molecular weight excluding hydrogens is 252 g/mol. The molecule has 4 nitrogen and oxygen atoms in total. The lowest BCUT2D eigenvalue weighted by Crippen LogP contribution is -2.19. The van der Waals surface area contributed by atoms with Gasteiger partial charge in [0, 0.05) is 17.0 Å². The van der Waals surface area contributed by atoms with E-state index >= 15 is 0 Å². The van der Waals surface area contributed by atoms with Crippen LogP contribution >= 0.6 is 11.6 Å². The number of fused-ring (bicyclic) bond motifs is 1. The third-order valence-electron chi connectivity index (χ3n) is 3.32. The maximum absolute atomic E-state index is 9.38. The number of hydrogen-bond donors (Lipinski definition) is 1. The van der Waals surface area contributed by atoms with E-state index in [4.69, 9.17) is 16.3 Å². The van der Waals surface area contributed by atoms with Crippen molar-refractivity contribution < 1.29 is 9.84 Å². The van der Waals surface area contributed by atoms with Crippen LogP contribution in [0.15, 0.2) is 18.2 Å². The van der Waals surface area contributed by atoms with Crippen molar-refractivity contribution in [2.75, 3.05) is 6.61 Å². The van der Waals surface area contributed by atoms with Gasteiger partial charge in [0.1, 0.15) is 0 Å². The second-order valence-corrected chi connectivity index (χ2v) is 4.97. The topological polar surface area (TPSA) is 47.3 Å². The first-order valence-electron chi connectivity index (χ1n) is 6.18. The third kappa shape index (κ3) is 2.00. The fourth-order valence-corrected chi connectivity index (χ4v) is 2.60. The Hall–Kier alpha value is -1.10. The van der Waals surface area contributed by atoms with E-state index in [-0.39, 0.29) is 12.8 Å². The minimum absolute atomic E-state index is 0.0253. The molecule has 1 saturated heterocycles. The molecule has 0 spiro atoms. The Morgan fingerprint density at radius 1 is 1.44 bits per heavy atom. The van der Waals surface area contributed by atoms with Crippen LogP contribution in [-0.2, 0) is 11.3 Å². The molecule has 1 aromatic heterocycles. The Balaban J connectivity index is 2.11. The molecule has 2 heterocycles. The summed E-state index contributed by atoms with van der Waals surface area (Å²) in [6.07, 6.45) is 3.19. The number of nitrogens with zero attached hydrogens (tertiary/aromatic N) is 2. The number of hydrogen-bond acceptors (Lipinski definition) is 3. The van der Waals surface area contributed by atoms with Crippen molar-refractivity contribution >= 4 is 22.5 Å². The van der Waals surface area contributed by atoms with Gasteiger partial charge in [0.25, 0.3) is 0 Å². The van der Waals surface area contributed by atoms with Crippen LogP contribution in [0.3, 0.4) is 0 Å². The summed E-state index contributed by atoms with van der Waals surface area (Å²) in [4.78, 5) is 0. The predicted octanol–water partition coefficient (Wildman–Crippen LogP) is 2.88. The summed E-state index contributed by atoms with van der Waals surface area (Å²) in [5.41, 5.74) is 1.62. The van der Waals surface area contributed by atoms with Crippen molar-refractivity contribution in [2.45, 2.75) is 32.1 Å². The molecule has 2 aromatic rings. The molecule has 0 saturated carbocycles. The first-order chi connectivity index (χ1) is 8.79. The quantitative estimate of drug-likeness (QED) is 0.909. The van der Waals surface area contributed by atoms with Crippen LogP contribution in [0.2, 0.25) is 5.02 Å². The van der Waals surface area contributed by atoms with Gasteiger partial charge < -0.3 is 9.84 Å². The van der Waals surface area contributed by atoms with Gasteiger partial charge >= 0.3 is 0 Å². The number of aliphatic hydroxyl groups is 1. The molecule has 1 unspecified atom stereocenters. The third-order valence-corrected chi connectivity index (χ3v) is 3.56. The van der Waals surface area contributed by atoms with E-state index in [0.29, 0.717) is 10.7 Å². The lowest BCUT2D eigenvalue weighted by molar-refractivity contribution is -0.0370. The van der Waals surface area contributed by atoms with E-state index < -0.39 is 0 Å². The minimum Gasteiger partial charge on any atom is -0.390 e. The molecule has 3 rings (SSSR count). The van der Waals surface area contributed by atoms with Crippen LogP contribution < -0.4 is 0 Å². The van der Waals surface area contributed by atoms with Gasteiger partial charge in [-0.25, -0.2) is 4.68 Å². The SMILES string of the molecule is OCc1nn(C2CCCCO2)c2ccc(Cl)cc12. The fraction of sp³-hybridized carbons (Fsp3) is 0.462. The van der Waals surface area contributed by atoms with Crippen molar-refractivity contribution in [3.8, 4) is 0 Å². The number of ether oxygens (including phenoxy) is 1. The molecule has 0 aliphatic carbocycles. The average Bonchev–Trinajstić information content (AvgIpc) is 2.77. The zero-order valence-electron chi connectivity index (χ0n) is 9.97. The monoisotopic (exact) mass is 266 g/mol. The highest BCUT2D eigenvalue weighted by molar-refractivity contribution is 6.31. The van der Waals surface area contributed by atoms with Gasteiger partial charge in [-0.15, -0.1) is 0 Å². The molecule has 5 heteroatoms.